The highest BCUT2D eigenvalue weighted by Gasteiger charge is 1.99. The minimum atomic E-state index is 0.930. The second kappa shape index (κ2) is 12.5. The Hall–Kier alpha value is 0. The van der Waals surface area contributed by atoms with Crippen molar-refractivity contribution in [2.45, 2.75) is 91.9 Å². The topological polar surface area (TPSA) is 0 Å². The lowest BCUT2D eigenvalue weighted by molar-refractivity contribution is 0.473. The van der Waals surface area contributed by atoms with Gasteiger partial charge in [-0.2, -0.15) is 0 Å². The lowest BCUT2D eigenvalue weighted by Crippen LogP contribution is -1.92. The molecule has 0 aliphatic heterocycles. The maximum absolute atomic E-state index is 2.52. The van der Waals surface area contributed by atoms with Gasteiger partial charge < -0.3 is 0 Å². The molecule has 0 bridgehead atoms. The molecule has 1 radical (unpaired) electrons. The third kappa shape index (κ3) is 12.2. The van der Waals surface area contributed by atoms with Crippen LogP contribution in [-0.4, -0.2) is 0 Å². The van der Waals surface area contributed by atoms with Crippen LogP contribution in [0.15, 0.2) is 0 Å². The highest BCUT2D eigenvalue weighted by atomic mass is 14.1. The van der Waals surface area contributed by atoms with Gasteiger partial charge in [-0.05, 0) is 18.3 Å². The number of unbranched alkanes of at least 4 members (excludes halogenated alkanes) is 6. The zero-order valence-corrected chi connectivity index (χ0v) is 12.8. The van der Waals surface area contributed by atoms with Gasteiger partial charge in [0.05, 0.1) is 0 Å². The van der Waals surface area contributed by atoms with Gasteiger partial charge in [0.1, 0.15) is 0 Å². The molecule has 0 fully saturated rings. The van der Waals surface area contributed by atoms with Crippen molar-refractivity contribution < 1.29 is 0 Å². The van der Waals surface area contributed by atoms with E-state index in [0.717, 1.165) is 11.8 Å². The van der Waals surface area contributed by atoms with Gasteiger partial charge in [0.2, 0.25) is 0 Å². The Labute approximate surface area is 111 Å². The zero-order valence-electron chi connectivity index (χ0n) is 12.8. The largest absolute Gasteiger partial charge is 0.0651 e. The van der Waals surface area contributed by atoms with Gasteiger partial charge in [-0.15, -0.1) is 0 Å². The summed E-state index contributed by atoms with van der Waals surface area (Å²) >= 11 is 0. The first-order valence-corrected chi connectivity index (χ1v) is 8.02. The van der Waals surface area contributed by atoms with E-state index in [2.05, 4.69) is 34.1 Å². The highest BCUT2D eigenvalue weighted by Crippen LogP contribution is 2.16. The zero-order chi connectivity index (χ0) is 12.9. The fourth-order valence-electron chi connectivity index (χ4n) is 2.12. The molecule has 0 amide bonds. The molecular weight excluding hydrogens is 204 g/mol. The van der Waals surface area contributed by atoms with Crippen molar-refractivity contribution in [1.29, 1.82) is 0 Å². The first-order valence-electron chi connectivity index (χ1n) is 8.02. The van der Waals surface area contributed by atoms with Crippen molar-refractivity contribution in [2.75, 3.05) is 0 Å². The van der Waals surface area contributed by atoms with Crippen LogP contribution >= 0.6 is 0 Å². The van der Waals surface area contributed by atoms with Gasteiger partial charge in [0.15, 0.2) is 0 Å². The SMILES string of the molecule is CCC(C)CCC[CH]CCCCCC(C)CC. The normalized spacial score (nSPS) is 14.8. The average Bonchev–Trinajstić information content (AvgIpc) is 2.35. The molecule has 0 aromatic heterocycles. The molecule has 2 atom stereocenters. The Morgan fingerprint density at radius 1 is 0.706 bits per heavy atom. The van der Waals surface area contributed by atoms with E-state index in [4.69, 9.17) is 0 Å². The fraction of sp³-hybridized carbons (Fsp3) is 0.941. The van der Waals surface area contributed by atoms with Crippen molar-refractivity contribution in [3.63, 3.8) is 0 Å². The van der Waals surface area contributed by atoms with Gasteiger partial charge >= 0.3 is 0 Å². The van der Waals surface area contributed by atoms with Crippen LogP contribution in [0, 0.1) is 18.3 Å². The molecule has 0 nitrogen and oxygen atoms in total. The average molecular weight is 239 g/mol. The molecule has 103 valence electrons. The summed E-state index contributed by atoms with van der Waals surface area (Å²) in [6.45, 7) is 9.34. The smallest absolute Gasteiger partial charge is 0.0386 e. The van der Waals surface area contributed by atoms with Gasteiger partial charge in [-0.1, -0.05) is 91.9 Å². The molecule has 0 aromatic rings. The summed E-state index contributed by atoms with van der Waals surface area (Å²) in [5.41, 5.74) is 0. The second-order valence-electron chi connectivity index (χ2n) is 5.88. The third-order valence-corrected chi connectivity index (χ3v) is 4.10. The summed E-state index contributed by atoms with van der Waals surface area (Å²) in [6, 6.07) is 0. The van der Waals surface area contributed by atoms with Crippen LogP contribution < -0.4 is 0 Å². The molecule has 0 N–H and O–H groups in total. The number of rotatable bonds is 12. The van der Waals surface area contributed by atoms with E-state index in [-0.39, 0.29) is 0 Å². The molecule has 0 aliphatic rings. The van der Waals surface area contributed by atoms with E-state index >= 15 is 0 Å². The second-order valence-corrected chi connectivity index (χ2v) is 5.88. The minimum Gasteiger partial charge on any atom is -0.0651 e. The molecule has 2 unspecified atom stereocenters. The predicted molar refractivity (Wildman–Crippen MR) is 80.1 cm³/mol. The standard InChI is InChI=1S/C17H35/c1-5-16(3)14-12-10-8-7-9-11-13-15-17(4)6-2/h8,16-17H,5-7,9-15H2,1-4H3. The Kier molecular flexibility index (Phi) is 12.5. The maximum atomic E-state index is 2.52. The Morgan fingerprint density at radius 2 is 1.24 bits per heavy atom. The van der Waals surface area contributed by atoms with Gasteiger partial charge in [0.25, 0.3) is 0 Å². The monoisotopic (exact) mass is 239 g/mol. The van der Waals surface area contributed by atoms with E-state index in [1.54, 1.807) is 0 Å². The summed E-state index contributed by atoms with van der Waals surface area (Å²) < 4.78 is 0. The Morgan fingerprint density at radius 3 is 1.82 bits per heavy atom. The van der Waals surface area contributed by atoms with Gasteiger partial charge in [-0.25, -0.2) is 0 Å². The summed E-state index contributed by atoms with van der Waals surface area (Å²) in [4.78, 5) is 0. The molecule has 17 heavy (non-hydrogen) atoms. The molecule has 0 aliphatic carbocycles. The lowest BCUT2D eigenvalue weighted by atomic mass is 9.98. The van der Waals surface area contributed by atoms with Crippen molar-refractivity contribution in [3.8, 4) is 0 Å². The van der Waals surface area contributed by atoms with Crippen molar-refractivity contribution in [3.05, 3.63) is 6.42 Å². The molecule has 0 saturated heterocycles. The molecular formula is C17H35. The summed E-state index contributed by atoms with van der Waals surface area (Å²) in [6.07, 6.45) is 16.5. The van der Waals surface area contributed by atoms with E-state index in [1.807, 2.05) is 0 Å². The van der Waals surface area contributed by atoms with E-state index < -0.39 is 0 Å². The van der Waals surface area contributed by atoms with Crippen molar-refractivity contribution in [2.24, 2.45) is 11.8 Å². The quantitative estimate of drug-likeness (QED) is 0.345. The maximum Gasteiger partial charge on any atom is -0.0386 e. The molecule has 0 spiro atoms. The first-order chi connectivity index (χ1) is 8.20. The third-order valence-electron chi connectivity index (χ3n) is 4.10. The van der Waals surface area contributed by atoms with Crippen LogP contribution in [0.3, 0.4) is 0 Å². The molecule has 0 aromatic carbocycles. The highest BCUT2D eigenvalue weighted by molar-refractivity contribution is 4.65. The minimum absolute atomic E-state index is 0.930. The first kappa shape index (κ1) is 17.0. The van der Waals surface area contributed by atoms with Crippen LogP contribution in [0.1, 0.15) is 91.9 Å². The summed E-state index contributed by atoms with van der Waals surface area (Å²) in [5.74, 6) is 1.87. The fourth-order valence-corrected chi connectivity index (χ4v) is 2.12. The van der Waals surface area contributed by atoms with E-state index in [9.17, 15) is 0 Å². The van der Waals surface area contributed by atoms with E-state index in [1.165, 1.54) is 64.2 Å². The summed E-state index contributed by atoms with van der Waals surface area (Å²) in [5, 5.41) is 0. The van der Waals surface area contributed by atoms with Crippen molar-refractivity contribution >= 4 is 0 Å². The summed E-state index contributed by atoms with van der Waals surface area (Å²) in [7, 11) is 0. The number of hydrogen-bond donors (Lipinski definition) is 0. The Balaban J connectivity index is 3.04. The molecule has 0 heteroatoms. The molecule has 0 rings (SSSR count). The van der Waals surface area contributed by atoms with Crippen LogP contribution in [0.2, 0.25) is 0 Å². The predicted octanol–water partition coefficient (Wildman–Crippen LogP) is 6.40. The van der Waals surface area contributed by atoms with Crippen LogP contribution in [0.4, 0.5) is 0 Å². The Bertz CT molecular complexity index is 123. The van der Waals surface area contributed by atoms with E-state index in [0.29, 0.717) is 0 Å². The van der Waals surface area contributed by atoms with Gasteiger partial charge in [-0.3, -0.25) is 0 Å². The van der Waals surface area contributed by atoms with Gasteiger partial charge in [0, 0.05) is 0 Å². The van der Waals surface area contributed by atoms with Crippen molar-refractivity contribution in [1.82, 2.24) is 0 Å². The number of hydrogen-bond acceptors (Lipinski definition) is 0. The molecule has 0 saturated carbocycles. The molecule has 0 heterocycles. The van der Waals surface area contributed by atoms with Crippen LogP contribution in [-0.2, 0) is 0 Å². The van der Waals surface area contributed by atoms with Crippen LogP contribution in [0.5, 0.6) is 0 Å². The van der Waals surface area contributed by atoms with Crippen LogP contribution in [0.25, 0.3) is 0 Å². The lowest BCUT2D eigenvalue weighted by Gasteiger charge is -2.08.